The Bertz CT molecular complexity index is 567. The summed E-state index contributed by atoms with van der Waals surface area (Å²) in [7, 11) is 0. The zero-order valence-electron chi connectivity index (χ0n) is 12.2. The molecule has 1 aromatic rings. The van der Waals surface area contributed by atoms with Crippen molar-refractivity contribution >= 4 is 12.0 Å². The molecule has 6 heteroatoms. The van der Waals surface area contributed by atoms with Crippen LogP contribution in [0.3, 0.4) is 0 Å². The molecule has 1 aliphatic heterocycles. The number of aliphatic carboxylic acids is 1. The van der Waals surface area contributed by atoms with Crippen molar-refractivity contribution in [2.75, 3.05) is 13.1 Å². The van der Waals surface area contributed by atoms with E-state index in [2.05, 4.69) is 5.32 Å². The van der Waals surface area contributed by atoms with E-state index in [1.54, 1.807) is 17.0 Å². The van der Waals surface area contributed by atoms with Gasteiger partial charge in [-0.2, -0.15) is 0 Å². The first-order valence-electron chi connectivity index (χ1n) is 7.58. The maximum Gasteiger partial charge on any atom is 0.317 e. The van der Waals surface area contributed by atoms with Gasteiger partial charge in [0.15, 0.2) is 0 Å². The molecule has 118 valence electrons. The highest BCUT2D eigenvalue weighted by Crippen LogP contribution is 2.40. The summed E-state index contributed by atoms with van der Waals surface area (Å²) < 4.78 is 12.9. The van der Waals surface area contributed by atoms with Gasteiger partial charge in [0, 0.05) is 25.0 Å². The minimum atomic E-state index is -0.779. The number of amides is 2. The lowest BCUT2D eigenvalue weighted by atomic mass is 9.97. The van der Waals surface area contributed by atoms with Gasteiger partial charge in [0.2, 0.25) is 0 Å². The van der Waals surface area contributed by atoms with Gasteiger partial charge in [-0.3, -0.25) is 4.79 Å². The van der Waals surface area contributed by atoms with Crippen LogP contribution in [-0.2, 0) is 4.79 Å². The summed E-state index contributed by atoms with van der Waals surface area (Å²) >= 11 is 0. The van der Waals surface area contributed by atoms with E-state index in [4.69, 9.17) is 5.11 Å². The van der Waals surface area contributed by atoms with Crippen molar-refractivity contribution in [3.05, 3.63) is 35.6 Å². The second-order valence-corrected chi connectivity index (χ2v) is 6.05. The Morgan fingerprint density at radius 3 is 2.41 bits per heavy atom. The molecule has 2 amide bonds. The lowest BCUT2D eigenvalue weighted by molar-refractivity contribution is -0.143. The number of urea groups is 1. The number of rotatable bonds is 3. The first-order chi connectivity index (χ1) is 10.5. The van der Waals surface area contributed by atoms with E-state index in [-0.39, 0.29) is 29.7 Å². The Kier molecular flexibility index (Phi) is 4.00. The zero-order valence-corrected chi connectivity index (χ0v) is 12.2. The number of carboxylic acid groups (broad SMARTS) is 1. The van der Waals surface area contributed by atoms with Gasteiger partial charge in [0.1, 0.15) is 5.82 Å². The average molecular weight is 306 g/mol. The highest BCUT2D eigenvalue weighted by molar-refractivity contribution is 5.76. The number of benzene rings is 1. The van der Waals surface area contributed by atoms with Crippen molar-refractivity contribution < 1.29 is 19.1 Å². The minimum Gasteiger partial charge on any atom is -0.481 e. The molecule has 1 saturated carbocycles. The van der Waals surface area contributed by atoms with Crippen LogP contribution in [0.2, 0.25) is 0 Å². The van der Waals surface area contributed by atoms with Gasteiger partial charge >= 0.3 is 12.0 Å². The fraction of sp³-hybridized carbons (Fsp3) is 0.500. The third-order valence-corrected chi connectivity index (χ3v) is 4.53. The maximum absolute atomic E-state index is 12.9. The Labute approximate surface area is 128 Å². The van der Waals surface area contributed by atoms with Crippen LogP contribution in [0.5, 0.6) is 0 Å². The molecule has 0 unspecified atom stereocenters. The quantitative estimate of drug-likeness (QED) is 0.899. The first kappa shape index (κ1) is 14.8. The third-order valence-electron chi connectivity index (χ3n) is 4.53. The highest BCUT2D eigenvalue weighted by atomic mass is 19.1. The fourth-order valence-corrected chi connectivity index (χ4v) is 3.01. The Morgan fingerprint density at radius 1 is 1.18 bits per heavy atom. The molecule has 0 bridgehead atoms. The second-order valence-electron chi connectivity index (χ2n) is 6.05. The number of nitrogens with one attached hydrogen (secondary N) is 1. The standard InChI is InChI=1S/C16H19FN2O3/c17-12-3-1-10(2-4-12)13-9-14(13)18-16(22)19-7-5-11(6-8-19)15(20)21/h1-4,11,13-14H,5-9H2,(H,18,22)(H,20,21)/t13-,14+/m0/s1. The van der Waals surface area contributed by atoms with Crippen molar-refractivity contribution in [2.24, 2.45) is 5.92 Å². The SMILES string of the molecule is O=C(O)C1CCN(C(=O)N[C@@H]2C[C@H]2c2ccc(F)cc2)CC1. The van der Waals surface area contributed by atoms with Crippen molar-refractivity contribution in [3.63, 3.8) is 0 Å². The number of likely N-dealkylation sites (tertiary alicyclic amines) is 1. The summed E-state index contributed by atoms with van der Waals surface area (Å²) in [6, 6.07) is 6.34. The summed E-state index contributed by atoms with van der Waals surface area (Å²) in [5.41, 5.74) is 1.04. The molecule has 0 aromatic heterocycles. The summed E-state index contributed by atoms with van der Waals surface area (Å²) in [6.45, 7) is 0.966. The molecule has 1 heterocycles. The van der Waals surface area contributed by atoms with E-state index in [0.717, 1.165) is 12.0 Å². The van der Waals surface area contributed by atoms with Crippen molar-refractivity contribution in [2.45, 2.75) is 31.2 Å². The molecular weight excluding hydrogens is 287 g/mol. The number of carbonyl (C=O) groups excluding carboxylic acids is 1. The number of carbonyl (C=O) groups is 2. The lowest BCUT2D eigenvalue weighted by Crippen LogP contribution is -2.46. The molecule has 1 aromatic carbocycles. The molecule has 22 heavy (non-hydrogen) atoms. The Balaban J connectivity index is 1.48. The molecule has 5 nitrogen and oxygen atoms in total. The van der Waals surface area contributed by atoms with Gasteiger partial charge in [0.05, 0.1) is 5.92 Å². The molecular formula is C16H19FN2O3. The van der Waals surface area contributed by atoms with E-state index in [1.165, 1.54) is 12.1 Å². The molecule has 0 spiro atoms. The van der Waals surface area contributed by atoms with Crippen LogP contribution >= 0.6 is 0 Å². The van der Waals surface area contributed by atoms with Crippen LogP contribution in [0, 0.1) is 11.7 Å². The average Bonchev–Trinajstić information content (AvgIpc) is 3.27. The molecule has 2 aliphatic rings. The number of hydrogen-bond donors (Lipinski definition) is 2. The van der Waals surface area contributed by atoms with Gasteiger partial charge in [0.25, 0.3) is 0 Å². The molecule has 2 fully saturated rings. The largest absolute Gasteiger partial charge is 0.481 e. The van der Waals surface area contributed by atoms with E-state index >= 15 is 0 Å². The monoisotopic (exact) mass is 306 g/mol. The number of halogens is 1. The predicted octanol–water partition coefficient (Wildman–Crippen LogP) is 2.19. The predicted molar refractivity (Wildman–Crippen MR) is 78.0 cm³/mol. The van der Waals surface area contributed by atoms with Gasteiger partial charge in [-0.05, 0) is 37.0 Å². The van der Waals surface area contributed by atoms with Crippen molar-refractivity contribution in [1.82, 2.24) is 10.2 Å². The number of hydrogen-bond acceptors (Lipinski definition) is 2. The second kappa shape index (κ2) is 5.94. The lowest BCUT2D eigenvalue weighted by Gasteiger charge is -2.30. The number of carboxylic acids is 1. The van der Waals surface area contributed by atoms with Crippen LogP contribution in [0.25, 0.3) is 0 Å². The number of nitrogens with zero attached hydrogens (tertiary/aromatic N) is 1. The molecule has 3 rings (SSSR count). The fourth-order valence-electron chi connectivity index (χ4n) is 3.01. The highest BCUT2D eigenvalue weighted by Gasteiger charge is 2.40. The molecule has 1 saturated heterocycles. The normalized spacial score (nSPS) is 24.9. The van der Waals surface area contributed by atoms with E-state index < -0.39 is 5.97 Å². The third kappa shape index (κ3) is 3.21. The summed E-state index contributed by atoms with van der Waals surface area (Å²) in [6.07, 6.45) is 1.88. The van der Waals surface area contributed by atoms with Crippen molar-refractivity contribution in [1.29, 1.82) is 0 Å². The van der Waals surface area contributed by atoms with E-state index in [1.807, 2.05) is 0 Å². The topological polar surface area (TPSA) is 69.6 Å². The summed E-state index contributed by atoms with van der Waals surface area (Å²) in [5, 5.41) is 11.9. The smallest absolute Gasteiger partial charge is 0.317 e. The first-order valence-corrected chi connectivity index (χ1v) is 7.58. The van der Waals surface area contributed by atoms with Crippen LogP contribution in [-0.4, -0.2) is 41.1 Å². The minimum absolute atomic E-state index is 0.0927. The number of piperidine rings is 1. The molecule has 0 radical (unpaired) electrons. The maximum atomic E-state index is 12.9. The van der Waals surface area contributed by atoms with E-state index in [0.29, 0.717) is 25.9 Å². The van der Waals surface area contributed by atoms with Gasteiger partial charge in [-0.1, -0.05) is 12.1 Å². The van der Waals surface area contributed by atoms with E-state index in [9.17, 15) is 14.0 Å². The Morgan fingerprint density at radius 2 is 1.82 bits per heavy atom. The Hall–Kier alpha value is -2.11. The van der Waals surface area contributed by atoms with Gasteiger partial charge in [-0.25, -0.2) is 9.18 Å². The molecule has 2 atom stereocenters. The van der Waals surface area contributed by atoms with Crippen LogP contribution < -0.4 is 5.32 Å². The zero-order chi connectivity index (χ0) is 15.7. The van der Waals surface area contributed by atoms with Gasteiger partial charge < -0.3 is 15.3 Å². The van der Waals surface area contributed by atoms with Crippen LogP contribution in [0.15, 0.2) is 24.3 Å². The summed E-state index contributed by atoms with van der Waals surface area (Å²) in [5.74, 6) is -1.12. The van der Waals surface area contributed by atoms with Gasteiger partial charge in [-0.15, -0.1) is 0 Å². The summed E-state index contributed by atoms with van der Waals surface area (Å²) in [4.78, 5) is 24.7. The molecule has 1 aliphatic carbocycles. The van der Waals surface area contributed by atoms with Crippen LogP contribution in [0.1, 0.15) is 30.7 Å². The van der Waals surface area contributed by atoms with Crippen molar-refractivity contribution in [3.8, 4) is 0 Å². The molecule has 2 N–H and O–H groups in total. The van der Waals surface area contributed by atoms with Crippen LogP contribution in [0.4, 0.5) is 9.18 Å².